The van der Waals surface area contributed by atoms with Crippen LogP contribution in [0.3, 0.4) is 0 Å². The third kappa shape index (κ3) is 2.41. The fourth-order valence-corrected chi connectivity index (χ4v) is 3.68. The standard InChI is InChI=1S/C21H21NO2/c1-3-15-8-9-20-18(11-15)17(13-24-20)12-21(23)22-14(2)10-16-6-4-5-7-19(16)22/h4-9,11,13-14H,3,10,12H2,1-2H3. The average molecular weight is 319 g/mol. The summed E-state index contributed by atoms with van der Waals surface area (Å²) >= 11 is 0. The molecule has 0 spiro atoms. The second-order valence-corrected chi connectivity index (χ2v) is 6.57. The average Bonchev–Trinajstić information content (AvgIpc) is 3.14. The summed E-state index contributed by atoms with van der Waals surface area (Å²) in [7, 11) is 0. The summed E-state index contributed by atoms with van der Waals surface area (Å²) in [5.74, 6) is 0.136. The third-order valence-electron chi connectivity index (χ3n) is 4.94. The van der Waals surface area contributed by atoms with Crippen LogP contribution in [-0.2, 0) is 24.1 Å². The Labute approximate surface area is 141 Å². The summed E-state index contributed by atoms with van der Waals surface area (Å²) in [6.45, 7) is 4.25. The summed E-state index contributed by atoms with van der Waals surface area (Å²) in [6.07, 6.45) is 4.01. The maximum Gasteiger partial charge on any atom is 0.231 e. The Balaban J connectivity index is 1.65. The Morgan fingerprint density at radius 1 is 1.25 bits per heavy atom. The molecule has 122 valence electrons. The molecule has 0 fully saturated rings. The lowest BCUT2D eigenvalue weighted by Gasteiger charge is -2.22. The molecule has 0 saturated carbocycles. The second-order valence-electron chi connectivity index (χ2n) is 6.57. The Morgan fingerprint density at radius 2 is 2.08 bits per heavy atom. The van der Waals surface area contributed by atoms with Crippen LogP contribution in [0.25, 0.3) is 11.0 Å². The Morgan fingerprint density at radius 3 is 2.92 bits per heavy atom. The number of hydrogen-bond acceptors (Lipinski definition) is 2. The van der Waals surface area contributed by atoms with Crippen LogP contribution in [-0.4, -0.2) is 11.9 Å². The zero-order valence-electron chi connectivity index (χ0n) is 14.1. The van der Waals surface area contributed by atoms with Crippen molar-refractivity contribution in [1.82, 2.24) is 0 Å². The van der Waals surface area contributed by atoms with Crippen LogP contribution in [0.5, 0.6) is 0 Å². The van der Waals surface area contributed by atoms with Gasteiger partial charge in [-0.05, 0) is 49.1 Å². The van der Waals surface area contributed by atoms with E-state index in [2.05, 4.69) is 32.0 Å². The van der Waals surface area contributed by atoms with Gasteiger partial charge in [-0.1, -0.05) is 31.2 Å². The summed E-state index contributed by atoms with van der Waals surface area (Å²) < 4.78 is 5.64. The summed E-state index contributed by atoms with van der Waals surface area (Å²) in [5.41, 5.74) is 5.39. The van der Waals surface area contributed by atoms with Crippen molar-refractivity contribution in [3.05, 3.63) is 65.4 Å². The minimum absolute atomic E-state index is 0.136. The highest BCUT2D eigenvalue weighted by atomic mass is 16.3. The largest absolute Gasteiger partial charge is 0.464 e. The number of anilines is 1. The van der Waals surface area contributed by atoms with E-state index in [9.17, 15) is 4.79 Å². The first-order valence-electron chi connectivity index (χ1n) is 8.56. The van der Waals surface area contributed by atoms with E-state index < -0.39 is 0 Å². The van der Waals surface area contributed by atoms with E-state index in [1.165, 1.54) is 11.1 Å². The minimum atomic E-state index is 0.136. The van der Waals surface area contributed by atoms with Gasteiger partial charge in [0, 0.05) is 22.7 Å². The van der Waals surface area contributed by atoms with Gasteiger partial charge in [-0.25, -0.2) is 0 Å². The van der Waals surface area contributed by atoms with Crippen molar-refractivity contribution in [1.29, 1.82) is 0 Å². The van der Waals surface area contributed by atoms with Gasteiger partial charge in [0.05, 0.1) is 12.7 Å². The summed E-state index contributed by atoms with van der Waals surface area (Å²) in [5, 5.41) is 1.06. The molecule has 0 aliphatic carbocycles. The third-order valence-corrected chi connectivity index (χ3v) is 4.94. The van der Waals surface area contributed by atoms with E-state index in [-0.39, 0.29) is 11.9 Å². The van der Waals surface area contributed by atoms with Gasteiger partial charge >= 0.3 is 0 Å². The highest BCUT2D eigenvalue weighted by molar-refractivity contribution is 5.99. The predicted molar refractivity (Wildman–Crippen MR) is 96.4 cm³/mol. The molecule has 1 aliphatic heterocycles. The van der Waals surface area contributed by atoms with Crippen LogP contribution >= 0.6 is 0 Å². The van der Waals surface area contributed by atoms with Crippen LogP contribution in [0, 0.1) is 0 Å². The molecule has 3 nitrogen and oxygen atoms in total. The van der Waals surface area contributed by atoms with Gasteiger partial charge < -0.3 is 9.32 Å². The number of para-hydroxylation sites is 1. The van der Waals surface area contributed by atoms with Crippen molar-refractivity contribution in [3.8, 4) is 0 Å². The molecule has 2 heterocycles. The smallest absolute Gasteiger partial charge is 0.231 e. The fraction of sp³-hybridized carbons (Fsp3) is 0.286. The molecule has 24 heavy (non-hydrogen) atoms. The van der Waals surface area contributed by atoms with E-state index in [0.717, 1.165) is 35.1 Å². The van der Waals surface area contributed by atoms with Crippen molar-refractivity contribution in [3.63, 3.8) is 0 Å². The molecule has 0 radical (unpaired) electrons. The lowest BCUT2D eigenvalue weighted by Crippen LogP contribution is -2.36. The van der Waals surface area contributed by atoms with Gasteiger partial charge in [-0.3, -0.25) is 4.79 Å². The summed E-state index contributed by atoms with van der Waals surface area (Å²) in [4.78, 5) is 14.9. The van der Waals surface area contributed by atoms with Crippen molar-refractivity contribution in [2.45, 2.75) is 39.2 Å². The molecular weight excluding hydrogens is 298 g/mol. The van der Waals surface area contributed by atoms with Gasteiger partial charge in [0.15, 0.2) is 0 Å². The maximum absolute atomic E-state index is 13.0. The molecule has 1 atom stereocenters. The molecule has 1 amide bonds. The number of nitrogens with zero attached hydrogens (tertiary/aromatic N) is 1. The van der Waals surface area contributed by atoms with Crippen LogP contribution in [0.4, 0.5) is 5.69 Å². The molecular formula is C21H21NO2. The summed E-state index contributed by atoms with van der Waals surface area (Å²) in [6, 6.07) is 14.6. The zero-order valence-corrected chi connectivity index (χ0v) is 14.1. The van der Waals surface area contributed by atoms with Crippen LogP contribution in [0.1, 0.15) is 30.5 Å². The number of rotatable bonds is 3. The molecule has 0 bridgehead atoms. The number of hydrogen-bond donors (Lipinski definition) is 0. The van der Waals surface area contributed by atoms with Crippen molar-refractivity contribution >= 4 is 22.6 Å². The number of carbonyl (C=O) groups excluding carboxylic acids is 1. The zero-order chi connectivity index (χ0) is 16.7. The highest BCUT2D eigenvalue weighted by Crippen LogP contribution is 2.33. The number of aryl methyl sites for hydroxylation is 1. The van der Waals surface area contributed by atoms with Gasteiger partial charge in [0.2, 0.25) is 5.91 Å². The predicted octanol–water partition coefficient (Wildman–Crippen LogP) is 4.52. The molecule has 0 saturated heterocycles. The number of furan rings is 1. The molecule has 1 aromatic heterocycles. The molecule has 3 aromatic rings. The monoisotopic (exact) mass is 319 g/mol. The van der Waals surface area contributed by atoms with Crippen LogP contribution < -0.4 is 4.90 Å². The van der Waals surface area contributed by atoms with E-state index in [1.54, 1.807) is 6.26 Å². The number of carbonyl (C=O) groups is 1. The molecule has 3 heteroatoms. The fourth-order valence-electron chi connectivity index (χ4n) is 3.68. The number of amides is 1. The number of benzene rings is 2. The van der Waals surface area contributed by atoms with Crippen LogP contribution in [0.15, 0.2) is 53.1 Å². The van der Waals surface area contributed by atoms with E-state index in [0.29, 0.717) is 6.42 Å². The van der Waals surface area contributed by atoms with Gasteiger partial charge in [-0.15, -0.1) is 0 Å². The first-order chi connectivity index (χ1) is 11.7. The molecule has 0 N–H and O–H groups in total. The maximum atomic E-state index is 13.0. The van der Waals surface area contributed by atoms with Crippen molar-refractivity contribution in [2.24, 2.45) is 0 Å². The first kappa shape index (κ1) is 15.0. The van der Waals surface area contributed by atoms with E-state index in [4.69, 9.17) is 4.42 Å². The lowest BCUT2D eigenvalue weighted by molar-refractivity contribution is -0.118. The normalized spacial score (nSPS) is 16.6. The Bertz CT molecular complexity index is 909. The lowest BCUT2D eigenvalue weighted by atomic mass is 10.1. The topological polar surface area (TPSA) is 33.5 Å². The SMILES string of the molecule is CCc1ccc2occ(CC(=O)N3c4ccccc4CC3C)c2c1. The highest BCUT2D eigenvalue weighted by Gasteiger charge is 2.30. The molecule has 4 rings (SSSR count). The van der Waals surface area contributed by atoms with Crippen molar-refractivity contribution in [2.75, 3.05) is 4.90 Å². The quantitative estimate of drug-likeness (QED) is 0.711. The first-order valence-corrected chi connectivity index (χ1v) is 8.56. The second kappa shape index (κ2) is 5.82. The molecule has 2 aromatic carbocycles. The van der Waals surface area contributed by atoms with Crippen LogP contribution in [0.2, 0.25) is 0 Å². The Hall–Kier alpha value is -2.55. The number of fused-ring (bicyclic) bond motifs is 2. The van der Waals surface area contributed by atoms with E-state index >= 15 is 0 Å². The van der Waals surface area contributed by atoms with Gasteiger partial charge in [0.1, 0.15) is 5.58 Å². The minimum Gasteiger partial charge on any atom is -0.464 e. The van der Waals surface area contributed by atoms with E-state index in [1.807, 2.05) is 29.2 Å². The molecule has 1 unspecified atom stereocenters. The Kier molecular flexibility index (Phi) is 3.64. The molecule has 1 aliphatic rings. The van der Waals surface area contributed by atoms with Gasteiger partial charge in [0.25, 0.3) is 0 Å². The van der Waals surface area contributed by atoms with Gasteiger partial charge in [-0.2, -0.15) is 0 Å². The van der Waals surface area contributed by atoms with Crippen molar-refractivity contribution < 1.29 is 9.21 Å².